The first kappa shape index (κ1) is 21.2. The molecule has 3 aromatic rings. The molecule has 30 heavy (non-hydrogen) atoms. The van der Waals surface area contributed by atoms with E-state index in [1.807, 2.05) is 18.2 Å². The first-order valence-electron chi connectivity index (χ1n) is 9.81. The van der Waals surface area contributed by atoms with Crippen molar-refractivity contribution >= 4 is 22.5 Å². The molecule has 0 radical (unpaired) electrons. The molecule has 0 fully saturated rings. The third-order valence-corrected chi connectivity index (χ3v) is 4.73. The van der Waals surface area contributed by atoms with E-state index in [9.17, 15) is 14.7 Å². The number of fused-ring (bicyclic) bond motifs is 1. The molecule has 3 rings (SSSR count). The Hall–Kier alpha value is -3.54. The van der Waals surface area contributed by atoms with E-state index in [1.165, 1.54) is 13.0 Å². The number of hydrogen-bond donors (Lipinski definition) is 2. The van der Waals surface area contributed by atoms with Crippen molar-refractivity contribution in [3.63, 3.8) is 0 Å². The van der Waals surface area contributed by atoms with Gasteiger partial charge in [0, 0.05) is 0 Å². The largest absolute Gasteiger partial charge is 0.507 e. The van der Waals surface area contributed by atoms with Crippen molar-refractivity contribution in [3.8, 4) is 17.2 Å². The topological polar surface area (TPSA) is 93.1 Å². The number of carboxylic acid groups (broad SMARTS) is 1. The Labute approximate surface area is 174 Å². The van der Waals surface area contributed by atoms with E-state index in [1.54, 1.807) is 30.3 Å². The van der Waals surface area contributed by atoms with Crippen molar-refractivity contribution in [2.45, 2.75) is 26.2 Å². The molecule has 0 aliphatic carbocycles. The molecule has 0 saturated heterocycles. The van der Waals surface area contributed by atoms with Crippen molar-refractivity contribution in [3.05, 3.63) is 65.7 Å². The summed E-state index contributed by atoms with van der Waals surface area (Å²) in [6, 6.07) is 15.4. The monoisotopic (exact) mass is 408 g/mol. The number of ketones is 1. The summed E-state index contributed by atoms with van der Waals surface area (Å²) in [4.78, 5) is 22.7. The second kappa shape index (κ2) is 9.78. The van der Waals surface area contributed by atoms with Crippen LogP contribution in [0.4, 0.5) is 0 Å². The Bertz CT molecular complexity index is 1060. The van der Waals surface area contributed by atoms with Crippen molar-refractivity contribution in [1.29, 1.82) is 0 Å². The van der Waals surface area contributed by atoms with Gasteiger partial charge in [-0.05, 0) is 73.4 Å². The predicted octanol–water partition coefficient (Wildman–Crippen LogP) is 5.07. The number of carbonyl (C=O) groups is 2. The predicted molar refractivity (Wildman–Crippen MR) is 114 cm³/mol. The number of ether oxygens (including phenoxy) is 2. The third-order valence-electron chi connectivity index (χ3n) is 4.73. The van der Waals surface area contributed by atoms with Gasteiger partial charge < -0.3 is 19.7 Å². The van der Waals surface area contributed by atoms with Gasteiger partial charge >= 0.3 is 5.97 Å². The van der Waals surface area contributed by atoms with Crippen LogP contribution in [0.25, 0.3) is 10.8 Å². The quantitative estimate of drug-likeness (QED) is 0.359. The number of carboxylic acids is 1. The Balaban J connectivity index is 1.42. The molecular formula is C24H24O6. The van der Waals surface area contributed by atoms with Crippen molar-refractivity contribution in [1.82, 2.24) is 0 Å². The van der Waals surface area contributed by atoms with E-state index in [2.05, 4.69) is 0 Å². The van der Waals surface area contributed by atoms with Gasteiger partial charge in [0.1, 0.15) is 22.8 Å². The van der Waals surface area contributed by atoms with Gasteiger partial charge in [0.05, 0.1) is 18.8 Å². The maximum absolute atomic E-state index is 11.6. The van der Waals surface area contributed by atoms with Crippen LogP contribution in [0.1, 0.15) is 46.9 Å². The molecule has 0 heterocycles. The molecule has 2 N–H and O–H groups in total. The van der Waals surface area contributed by atoms with Gasteiger partial charge in [-0.2, -0.15) is 0 Å². The number of phenolic OH excluding ortho intramolecular Hbond substituents is 1. The molecule has 3 aromatic carbocycles. The fraction of sp³-hybridized carbons (Fsp3) is 0.250. The standard InChI is InChI=1S/C24H24O6/c1-16(25)23-21(26)6-5-7-22(23)30-13-4-2-3-12-29-20-11-10-17-14-19(24(27)28)9-8-18(17)15-20/h5-11,14-15,26H,2-4,12-13H2,1H3,(H,27,28). The lowest BCUT2D eigenvalue weighted by molar-refractivity contribution is 0.0696. The van der Waals surface area contributed by atoms with Crippen LogP contribution in [0, 0.1) is 0 Å². The summed E-state index contributed by atoms with van der Waals surface area (Å²) in [5.41, 5.74) is 0.479. The maximum Gasteiger partial charge on any atom is 0.335 e. The maximum atomic E-state index is 11.6. The molecule has 0 saturated carbocycles. The third kappa shape index (κ3) is 5.29. The first-order chi connectivity index (χ1) is 14.5. The van der Waals surface area contributed by atoms with E-state index in [0.717, 1.165) is 35.8 Å². The molecule has 6 heteroatoms. The number of phenols is 1. The summed E-state index contributed by atoms with van der Waals surface area (Å²) in [5, 5.41) is 20.6. The summed E-state index contributed by atoms with van der Waals surface area (Å²) in [7, 11) is 0. The number of Topliss-reactive ketones (excluding diaryl/α,β-unsaturated/α-hetero) is 1. The van der Waals surface area contributed by atoms with Crippen LogP contribution in [0.2, 0.25) is 0 Å². The minimum atomic E-state index is -0.942. The molecule has 0 amide bonds. The molecule has 0 aliphatic rings. The van der Waals surface area contributed by atoms with Gasteiger partial charge in [0.2, 0.25) is 0 Å². The smallest absolute Gasteiger partial charge is 0.335 e. The highest BCUT2D eigenvalue weighted by Crippen LogP contribution is 2.28. The zero-order valence-corrected chi connectivity index (χ0v) is 16.8. The number of carbonyl (C=O) groups excluding carboxylic acids is 1. The van der Waals surface area contributed by atoms with Crippen LogP contribution in [-0.4, -0.2) is 35.2 Å². The Morgan fingerprint density at radius 2 is 1.57 bits per heavy atom. The van der Waals surface area contributed by atoms with Crippen molar-refractivity contribution in [2.24, 2.45) is 0 Å². The summed E-state index contributed by atoms with van der Waals surface area (Å²) < 4.78 is 11.4. The van der Waals surface area contributed by atoms with Gasteiger partial charge in [-0.1, -0.05) is 18.2 Å². The molecule has 0 bridgehead atoms. The zero-order valence-electron chi connectivity index (χ0n) is 16.8. The molecule has 156 valence electrons. The Morgan fingerprint density at radius 3 is 2.30 bits per heavy atom. The summed E-state index contributed by atoms with van der Waals surface area (Å²) in [6.45, 7) is 2.41. The lowest BCUT2D eigenvalue weighted by atomic mass is 10.1. The number of benzene rings is 3. The van der Waals surface area contributed by atoms with Crippen LogP contribution in [0.15, 0.2) is 54.6 Å². The summed E-state index contributed by atoms with van der Waals surface area (Å²) in [6.07, 6.45) is 2.54. The molecule has 0 atom stereocenters. The summed E-state index contributed by atoms with van der Waals surface area (Å²) in [5.74, 6) is -0.0921. The highest BCUT2D eigenvalue weighted by Gasteiger charge is 2.13. The van der Waals surface area contributed by atoms with Gasteiger partial charge in [-0.25, -0.2) is 4.79 Å². The highest BCUT2D eigenvalue weighted by atomic mass is 16.5. The van der Waals surface area contributed by atoms with E-state index in [0.29, 0.717) is 19.0 Å². The van der Waals surface area contributed by atoms with Crippen molar-refractivity contribution < 1.29 is 29.3 Å². The van der Waals surface area contributed by atoms with E-state index >= 15 is 0 Å². The van der Waals surface area contributed by atoms with Crippen LogP contribution >= 0.6 is 0 Å². The van der Waals surface area contributed by atoms with Crippen LogP contribution in [-0.2, 0) is 0 Å². The number of aromatic carboxylic acids is 1. The molecule has 0 unspecified atom stereocenters. The minimum Gasteiger partial charge on any atom is -0.507 e. The lowest BCUT2D eigenvalue weighted by Crippen LogP contribution is -2.04. The van der Waals surface area contributed by atoms with Gasteiger partial charge in [-0.3, -0.25) is 4.79 Å². The fourth-order valence-electron chi connectivity index (χ4n) is 3.19. The molecular weight excluding hydrogens is 384 g/mol. The number of unbranched alkanes of at least 4 members (excludes halogenated alkanes) is 2. The lowest BCUT2D eigenvalue weighted by Gasteiger charge is -2.11. The first-order valence-corrected chi connectivity index (χ1v) is 9.81. The second-order valence-electron chi connectivity index (χ2n) is 6.99. The molecule has 0 spiro atoms. The number of rotatable bonds is 10. The normalized spacial score (nSPS) is 10.7. The van der Waals surface area contributed by atoms with Gasteiger partial charge in [0.15, 0.2) is 5.78 Å². The molecule has 0 aliphatic heterocycles. The highest BCUT2D eigenvalue weighted by molar-refractivity contribution is 5.99. The van der Waals surface area contributed by atoms with Crippen LogP contribution in [0.5, 0.6) is 17.2 Å². The zero-order chi connectivity index (χ0) is 21.5. The Kier molecular flexibility index (Phi) is 6.91. The fourth-order valence-corrected chi connectivity index (χ4v) is 3.19. The van der Waals surface area contributed by atoms with Crippen LogP contribution < -0.4 is 9.47 Å². The second-order valence-corrected chi connectivity index (χ2v) is 6.99. The SMILES string of the molecule is CC(=O)c1c(O)cccc1OCCCCCOc1ccc2cc(C(=O)O)ccc2c1. The van der Waals surface area contributed by atoms with Gasteiger partial charge in [-0.15, -0.1) is 0 Å². The minimum absolute atomic E-state index is 0.0667. The average Bonchev–Trinajstić information content (AvgIpc) is 2.72. The van der Waals surface area contributed by atoms with Crippen LogP contribution in [0.3, 0.4) is 0 Å². The molecule has 0 aromatic heterocycles. The Morgan fingerprint density at radius 1 is 0.867 bits per heavy atom. The van der Waals surface area contributed by atoms with Crippen molar-refractivity contribution in [2.75, 3.05) is 13.2 Å². The van der Waals surface area contributed by atoms with Gasteiger partial charge in [0.25, 0.3) is 0 Å². The molecule has 6 nitrogen and oxygen atoms in total. The van der Waals surface area contributed by atoms with E-state index in [-0.39, 0.29) is 22.7 Å². The average molecular weight is 408 g/mol. The van der Waals surface area contributed by atoms with E-state index < -0.39 is 5.97 Å². The van der Waals surface area contributed by atoms with E-state index in [4.69, 9.17) is 14.6 Å². The number of hydrogen-bond acceptors (Lipinski definition) is 5. The summed E-state index contributed by atoms with van der Waals surface area (Å²) >= 11 is 0. The number of aromatic hydroxyl groups is 1.